The lowest BCUT2D eigenvalue weighted by Crippen LogP contribution is -2.02. The lowest BCUT2D eigenvalue weighted by atomic mass is 9.96. The molecule has 1 aliphatic rings. The van der Waals surface area contributed by atoms with Crippen LogP contribution in [-0.4, -0.2) is 5.78 Å². The molecule has 1 fully saturated rings. The van der Waals surface area contributed by atoms with Crippen molar-refractivity contribution in [2.75, 3.05) is 0 Å². The number of carbonyl (C=O) groups excluding carboxylic acids is 1. The summed E-state index contributed by atoms with van der Waals surface area (Å²) in [6.07, 6.45) is 2.97. The van der Waals surface area contributed by atoms with Crippen LogP contribution < -0.4 is 0 Å². The van der Waals surface area contributed by atoms with Crippen LogP contribution in [0.4, 0.5) is 0 Å². The van der Waals surface area contributed by atoms with E-state index in [0.29, 0.717) is 16.9 Å². The molecule has 0 atom stereocenters. The van der Waals surface area contributed by atoms with Crippen LogP contribution in [0.2, 0.25) is 0 Å². The summed E-state index contributed by atoms with van der Waals surface area (Å²) in [6, 6.07) is 21.7. The first-order chi connectivity index (χ1) is 14.4. The van der Waals surface area contributed by atoms with E-state index in [4.69, 9.17) is 4.42 Å². The second kappa shape index (κ2) is 8.76. The molecular formula is C27H25IO2. The lowest BCUT2D eigenvalue weighted by Gasteiger charge is -2.04. The van der Waals surface area contributed by atoms with Gasteiger partial charge >= 0.3 is 0 Å². The van der Waals surface area contributed by atoms with Crippen molar-refractivity contribution < 1.29 is 9.21 Å². The predicted octanol–water partition coefficient (Wildman–Crippen LogP) is 7.97. The van der Waals surface area contributed by atoms with E-state index < -0.39 is 0 Å². The Kier molecular flexibility index (Phi) is 6.09. The fourth-order valence-corrected chi connectivity index (χ4v) is 3.61. The molecule has 2 nitrogen and oxygen atoms in total. The highest BCUT2D eigenvalue weighted by Gasteiger charge is 2.23. The zero-order valence-electron chi connectivity index (χ0n) is 17.5. The second-order valence-electron chi connectivity index (χ2n) is 8.19. The van der Waals surface area contributed by atoms with Gasteiger partial charge in [-0.05, 0) is 66.1 Å². The maximum atomic E-state index is 13.3. The number of aryl methyl sites for hydroxylation is 2. The summed E-state index contributed by atoms with van der Waals surface area (Å²) in [4.78, 5) is 13.3. The van der Waals surface area contributed by atoms with Crippen molar-refractivity contribution in [2.45, 2.75) is 33.6 Å². The van der Waals surface area contributed by atoms with Gasteiger partial charge in [-0.25, -0.2) is 0 Å². The molecule has 0 saturated heterocycles. The molecular weight excluding hydrogens is 483 g/mol. The van der Waals surface area contributed by atoms with Gasteiger partial charge in [0.25, 0.3) is 0 Å². The monoisotopic (exact) mass is 508 g/mol. The van der Waals surface area contributed by atoms with Crippen LogP contribution in [0.1, 0.15) is 46.8 Å². The third-order valence-electron chi connectivity index (χ3n) is 5.36. The molecule has 1 aliphatic carbocycles. The topological polar surface area (TPSA) is 30.2 Å². The molecule has 0 spiro atoms. The molecule has 4 aromatic rings. The maximum absolute atomic E-state index is 13.3. The van der Waals surface area contributed by atoms with Crippen molar-refractivity contribution in [3.8, 4) is 11.3 Å². The summed E-state index contributed by atoms with van der Waals surface area (Å²) in [7, 11) is 0. The number of fused-ring (bicyclic) bond motifs is 1. The first kappa shape index (κ1) is 20.9. The van der Waals surface area contributed by atoms with Gasteiger partial charge < -0.3 is 4.42 Å². The lowest BCUT2D eigenvalue weighted by molar-refractivity contribution is 0.104. The molecule has 1 heterocycles. The molecule has 3 aromatic carbocycles. The van der Waals surface area contributed by atoms with E-state index in [0.717, 1.165) is 37.1 Å². The Bertz CT molecular complexity index is 1180. The van der Waals surface area contributed by atoms with Crippen LogP contribution in [0.5, 0.6) is 0 Å². The van der Waals surface area contributed by atoms with Gasteiger partial charge in [0.05, 0.1) is 5.56 Å². The molecule has 3 heteroatoms. The number of halogens is 1. The Balaban J connectivity index is 0.000000489. The Labute approximate surface area is 191 Å². The minimum atomic E-state index is -0.0128. The van der Waals surface area contributed by atoms with Crippen LogP contribution in [0.25, 0.3) is 22.3 Å². The fraction of sp³-hybridized carbons (Fsp3) is 0.222. The minimum Gasteiger partial charge on any atom is -0.455 e. The Hall–Kier alpha value is -2.40. The summed E-state index contributed by atoms with van der Waals surface area (Å²) in [5.74, 6) is 1.70. The number of benzene rings is 3. The molecule has 0 bridgehead atoms. The zero-order valence-corrected chi connectivity index (χ0v) is 19.7. The molecule has 152 valence electrons. The molecule has 0 N–H and O–H groups in total. The highest BCUT2D eigenvalue weighted by Crippen LogP contribution is 2.36. The molecule has 0 aliphatic heterocycles. The summed E-state index contributed by atoms with van der Waals surface area (Å²) in [5, 5.41) is 0.856. The van der Waals surface area contributed by atoms with Gasteiger partial charge in [-0.15, -0.1) is 0 Å². The van der Waals surface area contributed by atoms with Crippen molar-refractivity contribution >= 4 is 39.3 Å². The summed E-state index contributed by atoms with van der Waals surface area (Å²) >= 11 is 2.27. The van der Waals surface area contributed by atoms with Gasteiger partial charge in [-0.1, -0.05) is 73.9 Å². The van der Waals surface area contributed by atoms with Gasteiger partial charge in [0, 0.05) is 20.1 Å². The third-order valence-corrected chi connectivity index (χ3v) is 6.08. The molecule has 1 saturated carbocycles. The average Bonchev–Trinajstić information content (AvgIpc) is 3.43. The van der Waals surface area contributed by atoms with Crippen molar-refractivity contribution in [1.82, 2.24) is 0 Å². The van der Waals surface area contributed by atoms with Gasteiger partial charge in [0.1, 0.15) is 11.3 Å². The van der Waals surface area contributed by atoms with Crippen LogP contribution in [0.3, 0.4) is 0 Å². The van der Waals surface area contributed by atoms with Gasteiger partial charge in [0.2, 0.25) is 0 Å². The van der Waals surface area contributed by atoms with Crippen molar-refractivity contribution in [3.63, 3.8) is 0 Å². The molecule has 30 heavy (non-hydrogen) atoms. The van der Waals surface area contributed by atoms with Crippen LogP contribution in [0, 0.1) is 23.3 Å². The summed E-state index contributed by atoms with van der Waals surface area (Å²) in [6.45, 7) is 6.31. The van der Waals surface area contributed by atoms with Crippen LogP contribution >= 0.6 is 22.6 Å². The van der Waals surface area contributed by atoms with E-state index in [2.05, 4.69) is 29.5 Å². The molecule has 5 rings (SSSR count). The number of hydrogen-bond acceptors (Lipinski definition) is 2. The maximum Gasteiger partial charge on any atom is 0.197 e. The van der Waals surface area contributed by atoms with Gasteiger partial charge in [0.15, 0.2) is 5.78 Å². The van der Waals surface area contributed by atoms with Crippen molar-refractivity contribution in [1.29, 1.82) is 0 Å². The number of rotatable bonds is 3. The van der Waals surface area contributed by atoms with Crippen LogP contribution in [-0.2, 0) is 0 Å². The first-order valence-electron chi connectivity index (χ1n) is 10.3. The second-order valence-corrected chi connectivity index (χ2v) is 9.44. The normalized spacial score (nSPS) is 13.1. The van der Waals surface area contributed by atoms with Crippen molar-refractivity contribution in [3.05, 3.63) is 92.6 Å². The zero-order chi connectivity index (χ0) is 21.3. The molecule has 0 unspecified atom stereocenters. The molecule has 0 radical (unpaired) electrons. The van der Waals surface area contributed by atoms with Crippen molar-refractivity contribution in [2.24, 2.45) is 5.92 Å². The van der Waals surface area contributed by atoms with E-state index >= 15 is 0 Å². The van der Waals surface area contributed by atoms with Gasteiger partial charge in [-0.2, -0.15) is 0 Å². The number of hydrogen-bond donors (Lipinski definition) is 0. The standard InChI is InChI=1S/C23H17IO2.C4H8/c1-14-3-6-16(7-4-14)22(25)21-19-12-5-15(2)13-20(19)26-23(21)17-8-10-18(24)11-9-17;1-4-2-3-4/h3-13H,1-2H3;4H,2-3H2,1H3. The van der Waals surface area contributed by atoms with E-state index in [1.165, 1.54) is 12.8 Å². The summed E-state index contributed by atoms with van der Waals surface area (Å²) < 4.78 is 7.29. The highest BCUT2D eigenvalue weighted by molar-refractivity contribution is 14.1. The van der Waals surface area contributed by atoms with Crippen LogP contribution in [0.15, 0.2) is 71.1 Å². The minimum absolute atomic E-state index is 0.0128. The quantitative estimate of drug-likeness (QED) is 0.208. The number of ketones is 1. The average molecular weight is 508 g/mol. The Morgan fingerprint density at radius 2 is 1.50 bits per heavy atom. The molecule has 0 amide bonds. The largest absolute Gasteiger partial charge is 0.455 e. The highest BCUT2D eigenvalue weighted by atomic mass is 127. The van der Waals surface area contributed by atoms with E-state index in [1.807, 2.05) is 80.6 Å². The Morgan fingerprint density at radius 1 is 0.900 bits per heavy atom. The summed E-state index contributed by atoms with van der Waals surface area (Å²) in [5.41, 5.74) is 5.20. The van der Waals surface area contributed by atoms with E-state index in [9.17, 15) is 4.79 Å². The SMILES string of the molecule is CC1CC1.Cc1ccc(C(=O)c2c(-c3ccc(I)cc3)oc3cc(C)ccc23)cc1. The first-order valence-corrected chi connectivity index (χ1v) is 11.4. The number of furan rings is 1. The molecule has 1 aromatic heterocycles. The number of carbonyl (C=O) groups is 1. The van der Waals surface area contributed by atoms with E-state index in [-0.39, 0.29) is 5.78 Å². The van der Waals surface area contributed by atoms with E-state index in [1.54, 1.807) is 0 Å². The fourth-order valence-electron chi connectivity index (χ4n) is 3.25. The Morgan fingerprint density at radius 3 is 2.10 bits per heavy atom. The smallest absolute Gasteiger partial charge is 0.197 e. The van der Waals surface area contributed by atoms with Gasteiger partial charge in [-0.3, -0.25) is 4.79 Å². The predicted molar refractivity (Wildman–Crippen MR) is 132 cm³/mol. The third kappa shape index (κ3) is 4.67.